The van der Waals surface area contributed by atoms with Crippen LogP contribution in [0.1, 0.15) is 48.9 Å². The second-order valence-electron chi connectivity index (χ2n) is 12.4. The fourth-order valence-corrected chi connectivity index (χ4v) is 6.18. The molecule has 234 valence electrons. The minimum Gasteiger partial charge on any atom is -0.495 e. The van der Waals surface area contributed by atoms with Crippen molar-refractivity contribution in [2.45, 2.75) is 57.3 Å². The fourth-order valence-electron chi connectivity index (χ4n) is 6.18. The van der Waals surface area contributed by atoms with Crippen LogP contribution in [-0.4, -0.2) is 80.8 Å². The van der Waals surface area contributed by atoms with Gasteiger partial charge in [0.2, 0.25) is 11.8 Å². The molecule has 2 fully saturated rings. The Morgan fingerprint density at radius 2 is 1.93 bits per heavy atom. The van der Waals surface area contributed by atoms with Crippen LogP contribution in [0.5, 0.6) is 11.6 Å². The van der Waals surface area contributed by atoms with Crippen LogP contribution in [0.2, 0.25) is 0 Å². The van der Waals surface area contributed by atoms with E-state index in [-0.39, 0.29) is 18.1 Å². The summed E-state index contributed by atoms with van der Waals surface area (Å²) in [6, 6.07) is 11.3. The van der Waals surface area contributed by atoms with Crippen molar-refractivity contribution in [3.63, 3.8) is 0 Å². The van der Waals surface area contributed by atoms with Crippen molar-refractivity contribution in [1.29, 1.82) is 0 Å². The van der Waals surface area contributed by atoms with Crippen LogP contribution in [-0.2, 0) is 0 Å². The predicted molar refractivity (Wildman–Crippen MR) is 170 cm³/mol. The summed E-state index contributed by atoms with van der Waals surface area (Å²) in [6.07, 6.45) is 4.48. The Hall–Kier alpha value is -4.68. The second-order valence-corrected chi connectivity index (χ2v) is 12.4. The molecule has 1 amide bonds. The molecule has 0 radical (unpaired) electrons. The first kappa shape index (κ1) is 29.1. The zero-order chi connectivity index (χ0) is 31.3. The first-order valence-corrected chi connectivity index (χ1v) is 15.2. The van der Waals surface area contributed by atoms with Crippen molar-refractivity contribution in [2.24, 2.45) is 0 Å². The van der Waals surface area contributed by atoms with Crippen molar-refractivity contribution < 1.29 is 23.8 Å². The molecule has 1 aliphatic carbocycles. The van der Waals surface area contributed by atoms with E-state index in [1.807, 2.05) is 45.3 Å². The molecule has 2 aliphatic rings. The van der Waals surface area contributed by atoms with Crippen molar-refractivity contribution >= 4 is 39.7 Å². The number of ether oxygens (including phenoxy) is 2. The molecule has 0 spiro atoms. The number of carbonyl (C=O) groups is 1. The van der Waals surface area contributed by atoms with E-state index >= 15 is 0 Å². The Balaban J connectivity index is 1.22. The SMILES string of the molecule is COc1cc(C(=O)NC2CN(C)C2)ccc1Nc1nc(OC2CCC(C)(O)CC2)c2c(-c3ccc4nc(C)oc4c3)c[nH]c2n1. The smallest absolute Gasteiger partial charge is 0.251 e. The number of fused-ring (bicyclic) bond motifs is 2. The molecule has 2 aromatic carbocycles. The van der Waals surface area contributed by atoms with Gasteiger partial charge in [0.1, 0.15) is 23.0 Å². The van der Waals surface area contributed by atoms with E-state index in [9.17, 15) is 9.90 Å². The third kappa shape index (κ3) is 5.90. The lowest BCUT2D eigenvalue weighted by atomic mass is 9.85. The van der Waals surface area contributed by atoms with E-state index in [4.69, 9.17) is 23.9 Å². The van der Waals surface area contributed by atoms with Gasteiger partial charge in [-0.05, 0) is 75.5 Å². The predicted octanol–water partition coefficient (Wildman–Crippen LogP) is 4.94. The highest BCUT2D eigenvalue weighted by Crippen LogP contribution is 2.39. The number of aryl methyl sites for hydroxylation is 1. The average Bonchev–Trinajstić information content (AvgIpc) is 3.60. The minimum atomic E-state index is -0.689. The number of carbonyl (C=O) groups excluding carboxylic acids is 1. The molecular formula is C33H37N7O5. The maximum absolute atomic E-state index is 12.8. The number of likely N-dealkylation sites (tertiary alicyclic amines) is 1. The number of oxazole rings is 1. The van der Waals surface area contributed by atoms with Gasteiger partial charge in [-0.25, -0.2) is 4.98 Å². The number of nitrogens with zero attached hydrogens (tertiary/aromatic N) is 4. The van der Waals surface area contributed by atoms with Gasteiger partial charge in [0, 0.05) is 37.3 Å². The number of hydrogen-bond donors (Lipinski definition) is 4. The van der Waals surface area contributed by atoms with Crippen molar-refractivity contribution in [3.8, 4) is 22.8 Å². The molecule has 12 heteroatoms. The molecule has 5 aromatic rings. The van der Waals surface area contributed by atoms with Gasteiger partial charge >= 0.3 is 0 Å². The maximum atomic E-state index is 12.8. The van der Waals surface area contributed by atoms with Crippen LogP contribution in [0, 0.1) is 6.92 Å². The molecular weight excluding hydrogens is 574 g/mol. The third-order valence-electron chi connectivity index (χ3n) is 8.70. The zero-order valence-electron chi connectivity index (χ0n) is 25.8. The van der Waals surface area contributed by atoms with Crippen LogP contribution in [0.25, 0.3) is 33.3 Å². The Bertz CT molecular complexity index is 1880. The second kappa shape index (κ2) is 11.4. The molecule has 0 atom stereocenters. The first-order valence-electron chi connectivity index (χ1n) is 15.2. The van der Waals surface area contributed by atoms with E-state index in [0.29, 0.717) is 71.6 Å². The molecule has 3 aromatic heterocycles. The lowest BCUT2D eigenvalue weighted by molar-refractivity contribution is -0.0114. The van der Waals surface area contributed by atoms with Gasteiger partial charge in [-0.2, -0.15) is 9.97 Å². The molecule has 0 bridgehead atoms. The normalized spacial score (nSPS) is 20.7. The number of likely N-dealkylation sites (N-methyl/N-ethyl adjacent to an activating group) is 1. The first-order chi connectivity index (χ1) is 21.6. The Labute approximate surface area is 260 Å². The molecule has 1 aliphatic heterocycles. The van der Waals surface area contributed by atoms with Gasteiger partial charge in [0.25, 0.3) is 5.91 Å². The van der Waals surface area contributed by atoms with Crippen LogP contribution >= 0.6 is 0 Å². The van der Waals surface area contributed by atoms with Gasteiger partial charge in [-0.1, -0.05) is 6.07 Å². The number of benzene rings is 2. The van der Waals surface area contributed by atoms with Crippen molar-refractivity contribution in [3.05, 3.63) is 54.0 Å². The monoisotopic (exact) mass is 611 g/mol. The third-order valence-corrected chi connectivity index (χ3v) is 8.70. The van der Waals surface area contributed by atoms with E-state index in [1.54, 1.807) is 25.3 Å². The summed E-state index contributed by atoms with van der Waals surface area (Å²) in [7, 11) is 3.58. The highest BCUT2D eigenvalue weighted by molar-refractivity contribution is 5.99. The summed E-state index contributed by atoms with van der Waals surface area (Å²) in [5.41, 5.74) is 4.28. The Morgan fingerprint density at radius 3 is 2.69 bits per heavy atom. The zero-order valence-corrected chi connectivity index (χ0v) is 25.8. The molecule has 4 heterocycles. The van der Waals surface area contributed by atoms with E-state index in [2.05, 4.69) is 25.5 Å². The fraction of sp³-hybridized carbons (Fsp3) is 0.394. The molecule has 12 nitrogen and oxygen atoms in total. The Kier molecular flexibility index (Phi) is 7.33. The summed E-state index contributed by atoms with van der Waals surface area (Å²) < 4.78 is 18.0. The summed E-state index contributed by atoms with van der Waals surface area (Å²) in [6.45, 7) is 5.37. The van der Waals surface area contributed by atoms with Gasteiger partial charge in [0.05, 0.1) is 29.8 Å². The number of methoxy groups -OCH3 is 1. The van der Waals surface area contributed by atoms with Gasteiger partial charge in [0.15, 0.2) is 11.5 Å². The Morgan fingerprint density at radius 1 is 1.13 bits per heavy atom. The number of amides is 1. The quantitative estimate of drug-likeness (QED) is 0.190. The van der Waals surface area contributed by atoms with Crippen molar-refractivity contribution in [2.75, 3.05) is 32.6 Å². The van der Waals surface area contributed by atoms with E-state index in [0.717, 1.165) is 35.1 Å². The van der Waals surface area contributed by atoms with Crippen LogP contribution in [0.4, 0.5) is 11.6 Å². The van der Waals surface area contributed by atoms with Gasteiger partial charge in [-0.3, -0.25) is 4.79 Å². The number of aromatic amines is 1. The topological polar surface area (TPSA) is 151 Å². The number of rotatable bonds is 8. The summed E-state index contributed by atoms with van der Waals surface area (Å²) >= 11 is 0. The number of aromatic nitrogens is 4. The van der Waals surface area contributed by atoms with Crippen LogP contribution < -0.4 is 20.1 Å². The molecule has 1 saturated carbocycles. The van der Waals surface area contributed by atoms with Crippen LogP contribution in [0.3, 0.4) is 0 Å². The number of aliphatic hydroxyl groups is 1. The number of nitrogens with one attached hydrogen (secondary N) is 3. The summed E-state index contributed by atoms with van der Waals surface area (Å²) in [5, 5.41) is 17.6. The van der Waals surface area contributed by atoms with Crippen molar-refractivity contribution in [1.82, 2.24) is 30.2 Å². The highest BCUT2D eigenvalue weighted by atomic mass is 16.5. The highest BCUT2D eigenvalue weighted by Gasteiger charge is 2.31. The standard InChI is InChI=1S/C33H37N7O5/c1-18-35-25-7-5-19(13-27(25)44-18)23-15-34-29-28(23)31(45-22-9-11-33(2,42)12-10-22)39-32(38-29)37-24-8-6-20(14-26(24)43-4)30(41)36-21-16-40(3)17-21/h5-8,13-15,21-22,42H,9-12,16-17H2,1-4H3,(H,36,41)(H2,34,37,38,39). The van der Waals surface area contributed by atoms with Gasteiger partial charge in [-0.15, -0.1) is 0 Å². The number of anilines is 2. The minimum absolute atomic E-state index is 0.110. The largest absolute Gasteiger partial charge is 0.495 e. The lowest BCUT2D eigenvalue weighted by Crippen LogP contribution is -2.57. The van der Waals surface area contributed by atoms with Crippen LogP contribution in [0.15, 0.2) is 47.0 Å². The number of hydrogen-bond acceptors (Lipinski definition) is 10. The summed E-state index contributed by atoms with van der Waals surface area (Å²) in [4.78, 5) is 32.3. The number of H-pyrrole nitrogens is 1. The summed E-state index contributed by atoms with van der Waals surface area (Å²) in [5.74, 6) is 1.68. The molecule has 7 rings (SSSR count). The molecule has 45 heavy (non-hydrogen) atoms. The average molecular weight is 612 g/mol. The maximum Gasteiger partial charge on any atom is 0.251 e. The van der Waals surface area contributed by atoms with E-state index in [1.165, 1.54) is 0 Å². The molecule has 1 saturated heterocycles. The lowest BCUT2D eigenvalue weighted by Gasteiger charge is -2.36. The van der Waals surface area contributed by atoms with E-state index < -0.39 is 5.60 Å². The molecule has 0 unspecified atom stereocenters. The van der Waals surface area contributed by atoms with Gasteiger partial charge < -0.3 is 39.5 Å². The molecule has 4 N–H and O–H groups in total.